The number of alkyl halides is 1. The van der Waals surface area contributed by atoms with Gasteiger partial charge in [0, 0.05) is 32.6 Å². The van der Waals surface area contributed by atoms with Crippen molar-refractivity contribution in [1.29, 1.82) is 0 Å². The van der Waals surface area contributed by atoms with Crippen LogP contribution < -0.4 is 10.6 Å². The predicted molar refractivity (Wildman–Crippen MR) is 172 cm³/mol. The van der Waals surface area contributed by atoms with E-state index in [2.05, 4.69) is 15.6 Å². The van der Waals surface area contributed by atoms with Crippen LogP contribution in [0.5, 0.6) is 0 Å². The number of allylic oxidation sites excluding steroid dienone is 5. The number of carbonyl (C=O) groups excluding carboxylic acids is 2. The molecular formula is C34H44F2N4O3. The molecule has 1 aliphatic carbocycles. The van der Waals surface area contributed by atoms with Crippen molar-refractivity contribution in [2.24, 2.45) is 4.99 Å². The Hall–Kier alpha value is -4.11. The van der Waals surface area contributed by atoms with Gasteiger partial charge in [0.2, 0.25) is 6.41 Å². The van der Waals surface area contributed by atoms with Crippen molar-refractivity contribution in [2.75, 3.05) is 37.9 Å². The van der Waals surface area contributed by atoms with Crippen molar-refractivity contribution in [3.63, 3.8) is 0 Å². The smallest absolute Gasteiger partial charge is 0.250 e. The van der Waals surface area contributed by atoms with Gasteiger partial charge >= 0.3 is 0 Å². The molecule has 2 atom stereocenters. The van der Waals surface area contributed by atoms with Gasteiger partial charge in [0.25, 0.3) is 5.91 Å². The number of carbonyl (C=O) groups is 2. The third-order valence-electron chi connectivity index (χ3n) is 6.89. The van der Waals surface area contributed by atoms with Crippen LogP contribution in [0, 0.1) is 5.82 Å². The fourth-order valence-corrected chi connectivity index (χ4v) is 4.66. The van der Waals surface area contributed by atoms with E-state index in [0.717, 1.165) is 28.8 Å². The molecule has 4 rings (SSSR count). The monoisotopic (exact) mass is 594 g/mol. The Morgan fingerprint density at radius 3 is 2.40 bits per heavy atom. The molecule has 7 nitrogen and oxygen atoms in total. The van der Waals surface area contributed by atoms with E-state index in [1.807, 2.05) is 58.0 Å². The quantitative estimate of drug-likeness (QED) is 0.238. The van der Waals surface area contributed by atoms with Crippen LogP contribution in [0.2, 0.25) is 0 Å². The molecule has 0 aromatic heterocycles. The molecule has 2 N–H and O–H groups in total. The number of hydrogen-bond acceptors (Lipinski definition) is 5. The SMILES string of the molecule is C/C=C(\C(=NC)C1=CCC(F)C=C1)C1OCC(=O)N1CCc1ccc(NC=O)c(NC)c1.CC.CCc1ccc(F)cc1. The summed E-state index contributed by atoms with van der Waals surface area (Å²) in [5.74, 6) is -0.248. The second-order valence-corrected chi connectivity index (χ2v) is 9.46. The molecule has 1 saturated heterocycles. The van der Waals surface area contributed by atoms with Gasteiger partial charge in [-0.3, -0.25) is 14.6 Å². The lowest BCUT2D eigenvalue weighted by molar-refractivity contribution is -0.127. The minimum absolute atomic E-state index is 0.00437. The Labute approximate surface area is 254 Å². The summed E-state index contributed by atoms with van der Waals surface area (Å²) in [5, 5.41) is 5.72. The van der Waals surface area contributed by atoms with Gasteiger partial charge in [-0.1, -0.05) is 57.2 Å². The highest BCUT2D eigenvalue weighted by Gasteiger charge is 2.36. The summed E-state index contributed by atoms with van der Waals surface area (Å²) in [6.07, 6.45) is 7.97. The van der Waals surface area contributed by atoms with Crippen LogP contribution in [-0.2, 0) is 27.2 Å². The number of benzene rings is 2. The highest BCUT2D eigenvalue weighted by atomic mass is 19.1. The maximum absolute atomic E-state index is 13.5. The Bertz CT molecular complexity index is 1320. The van der Waals surface area contributed by atoms with Crippen LogP contribution in [0.3, 0.4) is 0 Å². The molecule has 2 aromatic carbocycles. The summed E-state index contributed by atoms with van der Waals surface area (Å²) in [7, 11) is 3.47. The average Bonchev–Trinajstić information content (AvgIpc) is 3.41. The second-order valence-electron chi connectivity index (χ2n) is 9.46. The summed E-state index contributed by atoms with van der Waals surface area (Å²) in [5.41, 5.74) is 5.99. The number of nitrogens with one attached hydrogen (secondary N) is 2. The minimum atomic E-state index is -0.984. The minimum Gasteiger partial charge on any atom is -0.386 e. The number of aryl methyl sites for hydroxylation is 1. The molecule has 2 aliphatic rings. The van der Waals surface area contributed by atoms with Gasteiger partial charge in [0.1, 0.15) is 18.6 Å². The fraction of sp³-hybridized carbons (Fsp3) is 0.382. The highest BCUT2D eigenvalue weighted by molar-refractivity contribution is 6.15. The van der Waals surface area contributed by atoms with Gasteiger partial charge in [-0.15, -0.1) is 0 Å². The summed E-state index contributed by atoms with van der Waals surface area (Å²) in [6.45, 7) is 8.40. The summed E-state index contributed by atoms with van der Waals surface area (Å²) in [4.78, 5) is 29.5. The lowest BCUT2D eigenvalue weighted by Crippen LogP contribution is -2.39. The van der Waals surface area contributed by atoms with E-state index in [1.165, 1.54) is 23.8 Å². The molecule has 43 heavy (non-hydrogen) atoms. The molecule has 0 radical (unpaired) electrons. The molecule has 232 valence electrons. The lowest BCUT2D eigenvalue weighted by Gasteiger charge is -2.27. The number of nitrogens with zero attached hydrogens (tertiary/aromatic N) is 2. The molecule has 1 fully saturated rings. The average molecular weight is 595 g/mol. The largest absolute Gasteiger partial charge is 0.386 e. The summed E-state index contributed by atoms with van der Waals surface area (Å²) < 4.78 is 31.6. The summed E-state index contributed by atoms with van der Waals surface area (Å²) in [6, 6.07) is 12.3. The van der Waals surface area contributed by atoms with E-state index in [4.69, 9.17) is 4.74 Å². The van der Waals surface area contributed by atoms with Crippen molar-refractivity contribution in [3.8, 4) is 0 Å². The van der Waals surface area contributed by atoms with Crippen LogP contribution in [0.15, 0.2) is 82.9 Å². The van der Waals surface area contributed by atoms with E-state index in [-0.39, 0.29) is 18.3 Å². The standard InChI is InChI=1S/C24H29FN4O3.C8H9F.C2H6/c1-4-19(23(27-3)17-6-8-18(25)9-7-17)24-29(22(31)14-32-24)12-11-16-5-10-20(28-15-30)21(13-16)26-2;1-2-7-3-5-8(9)6-4-7;1-2/h4-8,10,13,15,18,24,26H,9,11-12,14H2,1-3H3,(H,28,30);3-6H,2H2,1H3;1-2H3/b19-4+,27-23?;;. The molecule has 1 heterocycles. The maximum Gasteiger partial charge on any atom is 0.250 e. The van der Waals surface area contributed by atoms with Crippen LogP contribution in [0.4, 0.5) is 20.2 Å². The first kappa shape index (κ1) is 35.1. The van der Waals surface area contributed by atoms with Crippen LogP contribution in [0.1, 0.15) is 45.2 Å². The number of amides is 2. The van der Waals surface area contributed by atoms with Crippen LogP contribution >= 0.6 is 0 Å². The van der Waals surface area contributed by atoms with Crippen LogP contribution in [0.25, 0.3) is 0 Å². The molecule has 0 saturated carbocycles. The fourth-order valence-electron chi connectivity index (χ4n) is 4.66. The lowest BCUT2D eigenvalue weighted by atomic mass is 9.95. The zero-order valence-electron chi connectivity index (χ0n) is 26.0. The molecule has 2 amide bonds. The normalized spacial score (nSPS) is 18.2. The first-order chi connectivity index (χ1) is 20.8. The van der Waals surface area contributed by atoms with Gasteiger partial charge in [0.05, 0.1) is 17.1 Å². The number of aliphatic imine (C=N–C) groups is 1. The molecule has 0 spiro atoms. The number of hydrogen-bond donors (Lipinski definition) is 2. The number of halogens is 2. The number of rotatable bonds is 10. The van der Waals surface area contributed by atoms with Crippen molar-refractivity contribution in [1.82, 2.24) is 4.90 Å². The number of ether oxygens (including phenoxy) is 1. The Balaban J connectivity index is 0.000000496. The molecule has 2 unspecified atom stereocenters. The molecular weight excluding hydrogens is 550 g/mol. The van der Waals surface area contributed by atoms with E-state index in [0.29, 0.717) is 37.2 Å². The van der Waals surface area contributed by atoms with Gasteiger partial charge in [-0.05, 0) is 66.8 Å². The van der Waals surface area contributed by atoms with Crippen molar-refractivity contribution in [3.05, 3.63) is 94.9 Å². The zero-order valence-corrected chi connectivity index (χ0v) is 26.0. The molecule has 1 aliphatic heterocycles. The predicted octanol–water partition coefficient (Wildman–Crippen LogP) is 6.68. The first-order valence-corrected chi connectivity index (χ1v) is 14.7. The molecule has 9 heteroatoms. The Morgan fingerprint density at radius 1 is 1.14 bits per heavy atom. The van der Waals surface area contributed by atoms with Gasteiger partial charge in [-0.2, -0.15) is 0 Å². The van der Waals surface area contributed by atoms with Crippen molar-refractivity contribution in [2.45, 2.75) is 59.4 Å². The first-order valence-electron chi connectivity index (χ1n) is 14.7. The Kier molecular flexibility index (Phi) is 15.0. The Morgan fingerprint density at radius 2 is 1.84 bits per heavy atom. The zero-order chi connectivity index (χ0) is 31.8. The highest BCUT2D eigenvalue weighted by Crippen LogP contribution is 2.27. The van der Waals surface area contributed by atoms with E-state index < -0.39 is 12.4 Å². The van der Waals surface area contributed by atoms with Gasteiger partial charge in [-0.25, -0.2) is 8.78 Å². The third-order valence-corrected chi connectivity index (χ3v) is 6.89. The topological polar surface area (TPSA) is 83.0 Å². The van der Waals surface area contributed by atoms with Gasteiger partial charge in [0.15, 0.2) is 6.23 Å². The molecule has 0 bridgehead atoms. The maximum atomic E-state index is 13.5. The van der Waals surface area contributed by atoms with Crippen molar-refractivity contribution >= 4 is 29.4 Å². The number of anilines is 2. The van der Waals surface area contributed by atoms with Crippen molar-refractivity contribution < 1.29 is 23.1 Å². The van der Waals surface area contributed by atoms with E-state index >= 15 is 0 Å². The van der Waals surface area contributed by atoms with E-state index in [9.17, 15) is 18.4 Å². The van der Waals surface area contributed by atoms with Crippen LogP contribution in [-0.4, -0.2) is 62.6 Å². The summed E-state index contributed by atoms with van der Waals surface area (Å²) >= 11 is 0. The van der Waals surface area contributed by atoms with Gasteiger partial charge < -0.3 is 20.3 Å². The van der Waals surface area contributed by atoms with E-state index in [1.54, 1.807) is 37.2 Å². The molecule has 2 aromatic rings. The second kappa shape index (κ2) is 18.4. The third kappa shape index (κ3) is 9.99.